The van der Waals surface area contributed by atoms with Gasteiger partial charge in [-0.2, -0.15) is 11.8 Å². The van der Waals surface area contributed by atoms with Crippen molar-refractivity contribution in [3.63, 3.8) is 0 Å². The molecule has 1 atom stereocenters. The van der Waals surface area contributed by atoms with Gasteiger partial charge in [0.25, 0.3) is 5.91 Å². The predicted octanol–water partition coefficient (Wildman–Crippen LogP) is 1.64. The van der Waals surface area contributed by atoms with E-state index in [1.165, 1.54) is 23.9 Å². The van der Waals surface area contributed by atoms with Crippen molar-refractivity contribution in [1.29, 1.82) is 0 Å². The van der Waals surface area contributed by atoms with E-state index in [0.717, 1.165) is 5.56 Å². The Balaban J connectivity index is 2.78. The molecule has 5 nitrogen and oxygen atoms in total. The third-order valence-corrected chi connectivity index (χ3v) is 3.26. The first-order valence-electron chi connectivity index (χ1n) is 5.78. The summed E-state index contributed by atoms with van der Waals surface area (Å²) in [6.07, 6.45) is 2.21. The van der Waals surface area contributed by atoms with Crippen molar-refractivity contribution in [3.8, 4) is 5.75 Å². The molecule has 0 fully saturated rings. The number of phenols is 1. The number of carbonyl (C=O) groups is 2. The first-order chi connectivity index (χ1) is 8.95. The SMILES string of the molecule is CSCC[C@@H](NC(=O)c1ccc(C)cc1O)C(=O)O. The van der Waals surface area contributed by atoms with Gasteiger partial charge in [-0.3, -0.25) is 4.79 Å². The van der Waals surface area contributed by atoms with Gasteiger partial charge in [-0.05, 0) is 43.0 Å². The second kappa shape index (κ2) is 7.04. The molecule has 0 bridgehead atoms. The van der Waals surface area contributed by atoms with E-state index < -0.39 is 17.9 Å². The van der Waals surface area contributed by atoms with Crippen LogP contribution in [0.3, 0.4) is 0 Å². The molecule has 1 rings (SSSR count). The highest BCUT2D eigenvalue weighted by Gasteiger charge is 2.21. The number of aromatic hydroxyl groups is 1. The van der Waals surface area contributed by atoms with Gasteiger partial charge in [-0.15, -0.1) is 0 Å². The molecule has 0 aliphatic rings. The minimum absolute atomic E-state index is 0.0843. The number of hydrogen-bond donors (Lipinski definition) is 3. The number of nitrogens with one attached hydrogen (secondary N) is 1. The lowest BCUT2D eigenvalue weighted by molar-refractivity contribution is -0.139. The van der Waals surface area contributed by atoms with Gasteiger partial charge >= 0.3 is 5.97 Å². The summed E-state index contributed by atoms with van der Waals surface area (Å²) in [5.41, 5.74) is 0.909. The van der Waals surface area contributed by atoms with E-state index in [-0.39, 0.29) is 11.3 Å². The van der Waals surface area contributed by atoms with Gasteiger partial charge in [-0.1, -0.05) is 6.07 Å². The number of carboxylic acid groups (broad SMARTS) is 1. The number of aryl methyl sites for hydroxylation is 1. The zero-order valence-electron chi connectivity index (χ0n) is 10.8. The monoisotopic (exact) mass is 283 g/mol. The lowest BCUT2D eigenvalue weighted by atomic mass is 10.1. The molecule has 0 saturated carbocycles. The molecule has 6 heteroatoms. The van der Waals surface area contributed by atoms with E-state index >= 15 is 0 Å². The van der Waals surface area contributed by atoms with E-state index in [1.807, 2.05) is 6.26 Å². The van der Waals surface area contributed by atoms with Crippen molar-refractivity contribution in [1.82, 2.24) is 5.32 Å². The van der Waals surface area contributed by atoms with Crippen LogP contribution in [-0.2, 0) is 4.79 Å². The molecular weight excluding hydrogens is 266 g/mol. The molecule has 0 aliphatic carbocycles. The molecule has 3 N–H and O–H groups in total. The quantitative estimate of drug-likeness (QED) is 0.739. The smallest absolute Gasteiger partial charge is 0.326 e. The molecule has 0 heterocycles. The van der Waals surface area contributed by atoms with Crippen LogP contribution in [0.5, 0.6) is 5.75 Å². The highest BCUT2D eigenvalue weighted by atomic mass is 32.2. The Morgan fingerprint density at radius 3 is 2.63 bits per heavy atom. The number of aliphatic carboxylic acids is 1. The third kappa shape index (κ3) is 4.48. The van der Waals surface area contributed by atoms with Gasteiger partial charge in [0.15, 0.2) is 0 Å². The van der Waals surface area contributed by atoms with Crippen LogP contribution in [0.1, 0.15) is 22.3 Å². The molecule has 0 unspecified atom stereocenters. The van der Waals surface area contributed by atoms with Gasteiger partial charge in [0.2, 0.25) is 0 Å². The van der Waals surface area contributed by atoms with Gasteiger partial charge in [0.05, 0.1) is 5.56 Å². The molecule has 1 aromatic carbocycles. The van der Waals surface area contributed by atoms with E-state index in [9.17, 15) is 14.7 Å². The molecule has 0 saturated heterocycles. The number of rotatable bonds is 6. The van der Waals surface area contributed by atoms with Gasteiger partial charge < -0.3 is 15.5 Å². The van der Waals surface area contributed by atoms with Crippen molar-refractivity contribution in [2.75, 3.05) is 12.0 Å². The molecule has 0 radical (unpaired) electrons. The Bertz CT molecular complexity index is 476. The summed E-state index contributed by atoms with van der Waals surface area (Å²) in [6.45, 7) is 1.79. The largest absolute Gasteiger partial charge is 0.507 e. The predicted molar refractivity (Wildman–Crippen MR) is 74.7 cm³/mol. The Hall–Kier alpha value is -1.69. The maximum absolute atomic E-state index is 11.9. The Labute approximate surface area is 116 Å². The summed E-state index contributed by atoms with van der Waals surface area (Å²) in [4.78, 5) is 22.9. The fourth-order valence-corrected chi connectivity index (χ4v) is 2.03. The number of hydrogen-bond acceptors (Lipinski definition) is 4. The van der Waals surface area contributed by atoms with E-state index in [0.29, 0.717) is 12.2 Å². The zero-order chi connectivity index (χ0) is 14.4. The summed E-state index contributed by atoms with van der Waals surface area (Å²) in [5, 5.41) is 21.1. The lowest BCUT2D eigenvalue weighted by Gasteiger charge is -2.14. The Morgan fingerprint density at radius 2 is 2.11 bits per heavy atom. The van der Waals surface area contributed by atoms with Gasteiger partial charge in [0, 0.05) is 0 Å². The lowest BCUT2D eigenvalue weighted by Crippen LogP contribution is -2.41. The van der Waals surface area contributed by atoms with Crippen LogP contribution in [0.15, 0.2) is 18.2 Å². The van der Waals surface area contributed by atoms with Crippen LogP contribution >= 0.6 is 11.8 Å². The summed E-state index contributed by atoms with van der Waals surface area (Å²) < 4.78 is 0. The normalized spacial score (nSPS) is 11.9. The molecule has 0 aromatic heterocycles. The van der Waals surface area contributed by atoms with Crippen LogP contribution in [0.4, 0.5) is 0 Å². The minimum Gasteiger partial charge on any atom is -0.507 e. The number of phenolic OH excluding ortho intramolecular Hbond substituents is 1. The number of carboxylic acids is 1. The summed E-state index contributed by atoms with van der Waals surface area (Å²) in [6, 6.07) is 3.69. The molecule has 1 aromatic rings. The second-order valence-electron chi connectivity index (χ2n) is 4.17. The molecule has 104 valence electrons. The Morgan fingerprint density at radius 1 is 1.42 bits per heavy atom. The second-order valence-corrected chi connectivity index (χ2v) is 5.15. The first kappa shape index (κ1) is 15.4. The van der Waals surface area contributed by atoms with Gasteiger partial charge in [-0.25, -0.2) is 4.79 Å². The maximum atomic E-state index is 11.9. The van der Waals surface area contributed by atoms with E-state index in [4.69, 9.17) is 5.11 Å². The number of thioether (sulfide) groups is 1. The van der Waals surface area contributed by atoms with Crippen molar-refractivity contribution in [2.45, 2.75) is 19.4 Å². The topological polar surface area (TPSA) is 86.6 Å². The number of amides is 1. The third-order valence-electron chi connectivity index (χ3n) is 2.61. The average molecular weight is 283 g/mol. The van der Waals surface area contributed by atoms with Crippen molar-refractivity contribution in [2.24, 2.45) is 0 Å². The summed E-state index contributed by atoms with van der Waals surface area (Å²) >= 11 is 1.51. The molecule has 1 amide bonds. The molecule has 0 spiro atoms. The maximum Gasteiger partial charge on any atom is 0.326 e. The van der Waals surface area contributed by atoms with Crippen LogP contribution in [-0.4, -0.2) is 40.1 Å². The Kier molecular flexibility index (Phi) is 5.69. The van der Waals surface area contributed by atoms with Crippen LogP contribution in [0, 0.1) is 6.92 Å². The van der Waals surface area contributed by atoms with Gasteiger partial charge in [0.1, 0.15) is 11.8 Å². The molecule has 19 heavy (non-hydrogen) atoms. The van der Waals surface area contributed by atoms with Crippen molar-refractivity contribution in [3.05, 3.63) is 29.3 Å². The van der Waals surface area contributed by atoms with Crippen LogP contribution < -0.4 is 5.32 Å². The van der Waals surface area contributed by atoms with Crippen molar-refractivity contribution < 1.29 is 19.8 Å². The van der Waals surface area contributed by atoms with Crippen LogP contribution in [0.2, 0.25) is 0 Å². The number of carbonyl (C=O) groups excluding carboxylic acids is 1. The zero-order valence-corrected chi connectivity index (χ0v) is 11.7. The highest BCUT2D eigenvalue weighted by Crippen LogP contribution is 2.18. The number of benzene rings is 1. The van der Waals surface area contributed by atoms with Crippen LogP contribution in [0.25, 0.3) is 0 Å². The molecule has 0 aliphatic heterocycles. The van der Waals surface area contributed by atoms with Crippen molar-refractivity contribution >= 4 is 23.6 Å². The van der Waals surface area contributed by atoms with E-state index in [1.54, 1.807) is 13.0 Å². The average Bonchev–Trinajstić information content (AvgIpc) is 2.33. The highest BCUT2D eigenvalue weighted by molar-refractivity contribution is 7.98. The summed E-state index contributed by atoms with van der Waals surface area (Å²) in [5.74, 6) is -1.16. The molecular formula is C13H17NO4S. The fraction of sp³-hybridized carbons (Fsp3) is 0.385. The minimum atomic E-state index is -1.07. The fourth-order valence-electron chi connectivity index (χ4n) is 1.56. The van der Waals surface area contributed by atoms with E-state index in [2.05, 4.69) is 5.32 Å². The standard InChI is InChI=1S/C13H17NO4S/c1-8-3-4-9(11(15)7-8)12(16)14-10(13(17)18)5-6-19-2/h3-4,7,10,15H,5-6H2,1-2H3,(H,14,16)(H,17,18)/t10-/m1/s1. The first-order valence-corrected chi connectivity index (χ1v) is 7.17. The summed E-state index contributed by atoms with van der Waals surface area (Å²) in [7, 11) is 0.